The zero-order chi connectivity index (χ0) is 16.8. The molecule has 0 spiro atoms. The van der Waals surface area contributed by atoms with Gasteiger partial charge < -0.3 is 20.1 Å². The number of nitrogens with one attached hydrogen (secondary N) is 2. The minimum atomic E-state index is 0. The zero-order valence-electron chi connectivity index (χ0n) is 14.8. The van der Waals surface area contributed by atoms with Gasteiger partial charge in [0, 0.05) is 25.7 Å². The Labute approximate surface area is 156 Å². The first kappa shape index (κ1) is 20.2. The van der Waals surface area contributed by atoms with Crippen molar-refractivity contribution in [3.8, 4) is 0 Å². The quantitative estimate of drug-likeness (QED) is 0.775. The highest BCUT2D eigenvalue weighted by Gasteiger charge is 2.28. The van der Waals surface area contributed by atoms with E-state index >= 15 is 0 Å². The second-order valence-corrected chi connectivity index (χ2v) is 6.87. The van der Waals surface area contributed by atoms with E-state index in [4.69, 9.17) is 9.47 Å². The highest BCUT2D eigenvalue weighted by atomic mass is 35.5. The topological polar surface area (TPSA) is 59.6 Å². The van der Waals surface area contributed by atoms with Crippen LogP contribution in [0.15, 0.2) is 24.3 Å². The van der Waals surface area contributed by atoms with Crippen molar-refractivity contribution in [2.24, 2.45) is 11.8 Å². The first-order valence-corrected chi connectivity index (χ1v) is 8.98. The van der Waals surface area contributed by atoms with Crippen molar-refractivity contribution in [1.29, 1.82) is 0 Å². The molecule has 2 saturated heterocycles. The molecule has 0 saturated carbocycles. The summed E-state index contributed by atoms with van der Waals surface area (Å²) in [5, 5.41) is 6.27. The van der Waals surface area contributed by atoms with E-state index in [-0.39, 0.29) is 24.2 Å². The van der Waals surface area contributed by atoms with E-state index in [0.29, 0.717) is 25.2 Å². The normalized spacial score (nSPS) is 19.6. The molecule has 0 aliphatic carbocycles. The second-order valence-electron chi connectivity index (χ2n) is 6.87. The van der Waals surface area contributed by atoms with Gasteiger partial charge in [0.15, 0.2) is 0 Å². The number of rotatable bonds is 7. The van der Waals surface area contributed by atoms with Gasteiger partial charge in [0.1, 0.15) is 0 Å². The molecule has 3 rings (SSSR count). The van der Waals surface area contributed by atoms with Crippen LogP contribution in [0.3, 0.4) is 0 Å². The lowest BCUT2D eigenvalue weighted by molar-refractivity contribution is -0.126. The monoisotopic (exact) mass is 368 g/mol. The summed E-state index contributed by atoms with van der Waals surface area (Å²) >= 11 is 0. The van der Waals surface area contributed by atoms with Gasteiger partial charge in [-0.15, -0.1) is 12.4 Å². The number of halogens is 1. The molecule has 0 bridgehead atoms. The maximum absolute atomic E-state index is 12.2. The fourth-order valence-electron chi connectivity index (χ4n) is 3.11. The van der Waals surface area contributed by atoms with Gasteiger partial charge in [0.05, 0.1) is 12.7 Å². The van der Waals surface area contributed by atoms with E-state index in [0.717, 1.165) is 50.3 Å². The van der Waals surface area contributed by atoms with Crippen molar-refractivity contribution >= 4 is 18.3 Å². The molecule has 1 amide bonds. The molecule has 0 radical (unpaired) electrons. The van der Waals surface area contributed by atoms with Gasteiger partial charge in [0.25, 0.3) is 0 Å². The Kier molecular flexibility index (Phi) is 8.16. The molecule has 1 unspecified atom stereocenters. The van der Waals surface area contributed by atoms with Crippen molar-refractivity contribution < 1.29 is 14.3 Å². The lowest BCUT2D eigenvalue weighted by Crippen LogP contribution is -2.49. The molecule has 2 aliphatic rings. The SMILES string of the molecule is CC(C(=O)NCc1cccc(COC2CCOCC2)c1)C1CNC1.Cl. The predicted molar refractivity (Wildman–Crippen MR) is 99.7 cm³/mol. The van der Waals surface area contributed by atoms with Crippen molar-refractivity contribution in [1.82, 2.24) is 10.6 Å². The maximum atomic E-state index is 12.2. The number of benzene rings is 1. The Morgan fingerprint density at radius 1 is 1.32 bits per heavy atom. The van der Waals surface area contributed by atoms with E-state index < -0.39 is 0 Å². The summed E-state index contributed by atoms with van der Waals surface area (Å²) in [5.74, 6) is 0.695. The molecule has 2 aliphatic heterocycles. The molecule has 2 fully saturated rings. The molecule has 1 atom stereocenters. The van der Waals surface area contributed by atoms with Crippen LogP contribution in [0.5, 0.6) is 0 Å². The number of carbonyl (C=O) groups excluding carboxylic acids is 1. The summed E-state index contributed by atoms with van der Waals surface area (Å²) in [5.41, 5.74) is 2.28. The smallest absolute Gasteiger partial charge is 0.223 e. The summed E-state index contributed by atoms with van der Waals surface area (Å²) in [6.45, 7) is 6.71. The Balaban J connectivity index is 0.00000225. The zero-order valence-corrected chi connectivity index (χ0v) is 15.6. The molecular formula is C19H29ClN2O3. The Morgan fingerprint density at radius 3 is 2.72 bits per heavy atom. The summed E-state index contributed by atoms with van der Waals surface area (Å²) in [4.78, 5) is 12.2. The first-order valence-electron chi connectivity index (χ1n) is 8.98. The van der Waals surface area contributed by atoms with Gasteiger partial charge in [-0.1, -0.05) is 31.2 Å². The van der Waals surface area contributed by atoms with Crippen molar-refractivity contribution in [2.45, 2.75) is 39.0 Å². The minimum Gasteiger partial charge on any atom is -0.381 e. The molecule has 25 heavy (non-hydrogen) atoms. The van der Waals surface area contributed by atoms with Crippen LogP contribution in [0, 0.1) is 11.8 Å². The highest BCUT2D eigenvalue weighted by molar-refractivity contribution is 5.85. The van der Waals surface area contributed by atoms with E-state index in [2.05, 4.69) is 22.8 Å². The van der Waals surface area contributed by atoms with Crippen molar-refractivity contribution in [2.75, 3.05) is 26.3 Å². The largest absolute Gasteiger partial charge is 0.381 e. The third-order valence-electron chi connectivity index (χ3n) is 5.05. The third kappa shape index (κ3) is 5.96. The summed E-state index contributed by atoms with van der Waals surface area (Å²) < 4.78 is 11.3. The standard InChI is InChI=1S/C19H28N2O3.ClH/c1-14(17-11-20-12-17)19(22)21-10-15-3-2-4-16(9-15)13-24-18-5-7-23-8-6-18;/h2-4,9,14,17-18,20H,5-8,10-13H2,1H3,(H,21,22);1H. The number of carbonyl (C=O) groups is 1. The van der Waals surface area contributed by atoms with E-state index in [9.17, 15) is 4.79 Å². The van der Waals surface area contributed by atoms with Crippen LogP contribution in [0.1, 0.15) is 30.9 Å². The molecule has 0 aromatic heterocycles. The molecular weight excluding hydrogens is 340 g/mol. The molecule has 6 heteroatoms. The average molecular weight is 369 g/mol. The maximum Gasteiger partial charge on any atom is 0.223 e. The Morgan fingerprint density at radius 2 is 2.04 bits per heavy atom. The van der Waals surface area contributed by atoms with E-state index in [1.165, 1.54) is 0 Å². The lowest BCUT2D eigenvalue weighted by Gasteiger charge is -2.31. The van der Waals surface area contributed by atoms with Gasteiger partial charge in [-0.05, 0) is 43.0 Å². The Hall–Kier alpha value is -1.14. The van der Waals surface area contributed by atoms with Gasteiger partial charge >= 0.3 is 0 Å². The number of ether oxygens (including phenoxy) is 2. The molecule has 2 N–H and O–H groups in total. The number of amides is 1. The molecule has 2 heterocycles. The summed E-state index contributed by atoms with van der Waals surface area (Å²) in [6, 6.07) is 8.28. The molecule has 140 valence electrons. The van der Waals surface area contributed by atoms with Gasteiger partial charge in [0.2, 0.25) is 5.91 Å². The fourth-order valence-corrected chi connectivity index (χ4v) is 3.11. The summed E-state index contributed by atoms with van der Waals surface area (Å²) in [7, 11) is 0. The van der Waals surface area contributed by atoms with Crippen molar-refractivity contribution in [3.05, 3.63) is 35.4 Å². The van der Waals surface area contributed by atoms with Gasteiger partial charge in [-0.3, -0.25) is 4.79 Å². The Bertz CT molecular complexity index is 545. The molecule has 5 nitrogen and oxygen atoms in total. The van der Waals surface area contributed by atoms with Crippen LogP contribution < -0.4 is 10.6 Å². The van der Waals surface area contributed by atoms with E-state index in [1.54, 1.807) is 0 Å². The third-order valence-corrected chi connectivity index (χ3v) is 5.05. The van der Waals surface area contributed by atoms with Crippen molar-refractivity contribution in [3.63, 3.8) is 0 Å². The lowest BCUT2D eigenvalue weighted by atomic mass is 9.88. The molecule has 1 aromatic rings. The second kappa shape index (κ2) is 10.1. The van der Waals surface area contributed by atoms with Gasteiger partial charge in [-0.2, -0.15) is 0 Å². The predicted octanol–water partition coefficient (Wildman–Crippen LogP) is 2.28. The fraction of sp³-hybridized carbons (Fsp3) is 0.632. The summed E-state index contributed by atoms with van der Waals surface area (Å²) in [6.07, 6.45) is 2.26. The van der Waals surface area contributed by atoms with Crippen LogP contribution in [0.4, 0.5) is 0 Å². The molecule has 1 aromatic carbocycles. The van der Waals surface area contributed by atoms with Crippen LogP contribution in [-0.4, -0.2) is 38.3 Å². The number of hydrogen-bond donors (Lipinski definition) is 2. The van der Waals surface area contributed by atoms with Gasteiger partial charge in [-0.25, -0.2) is 0 Å². The minimum absolute atomic E-state index is 0. The highest BCUT2D eigenvalue weighted by Crippen LogP contribution is 2.17. The average Bonchev–Trinajstić information content (AvgIpc) is 2.57. The first-order chi connectivity index (χ1) is 11.7. The van der Waals surface area contributed by atoms with Crippen LogP contribution in [0.25, 0.3) is 0 Å². The van der Waals surface area contributed by atoms with Crippen LogP contribution >= 0.6 is 12.4 Å². The van der Waals surface area contributed by atoms with Crippen LogP contribution in [0.2, 0.25) is 0 Å². The van der Waals surface area contributed by atoms with Crippen LogP contribution in [-0.2, 0) is 27.4 Å². The van der Waals surface area contributed by atoms with E-state index in [1.807, 2.05) is 19.1 Å². The number of hydrogen-bond acceptors (Lipinski definition) is 4.